The molecule has 2 fully saturated rings. The van der Waals surface area contributed by atoms with Crippen molar-refractivity contribution >= 4 is 32.8 Å². The Morgan fingerprint density at radius 3 is 2.57 bits per heavy atom. The average Bonchev–Trinajstić information content (AvgIpc) is 3.17. The third-order valence-electron chi connectivity index (χ3n) is 7.06. The first-order valence-corrected chi connectivity index (χ1v) is 14.0. The predicted molar refractivity (Wildman–Crippen MR) is 134 cm³/mol. The highest BCUT2D eigenvalue weighted by molar-refractivity contribution is 7.91. The first kappa shape index (κ1) is 25.8. The molecule has 3 N–H and O–H groups in total. The SMILES string of the molecule is Cc1nc2c(N)cc(N3CCOCC3)nn2c1NC1C=CC=C(C(F)(F)F)C1CN1CCS(=O)(=O)CC1. The highest BCUT2D eigenvalue weighted by Crippen LogP contribution is 2.38. The van der Waals surface area contributed by atoms with Gasteiger partial charge in [-0.3, -0.25) is 0 Å². The molecule has 1 aliphatic carbocycles. The van der Waals surface area contributed by atoms with Crippen LogP contribution < -0.4 is 16.0 Å². The van der Waals surface area contributed by atoms with E-state index < -0.39 is 33.5 Å². The fourth-order valence-corrected chi connectivity index (χ4v) is 6.29. The van der Waals surface area contributed by atoms with Gasteiger partial charge in [-0.2, -0.15) is 17.7 Å². The van der Waals surface area contributed by atoms with E-state index in [0.717, 1.165) is 6.08 Å². The molecule has 0 amide bonds. The number of hydrogen-bond acceptors (Lipinski definition) is 9. The van der Waals surface area contributed by atoms with Gasteiger partial charge in [-0.25, -0.2) is 13.4 Å². The standard InChI is InChI=1S/C23H30F3N7O3S/c1-15-21(33-22(28-15)18(27)13-20(30-33)32-5-9-36-10-6-32)29-19-4-2-3-17(23(24,25)26)16(19)14-31-7-11-37(34,35)12-8-31/h2-4,13,16,19,29H,5-12,14,27H2,1H3. The van der Waals surface area contributed by atoms with Gasteiger partial charge in [-0.05, 0) is 6.92 Å². The lowest BCUT2D eigenvalue weighted by Crippen LogP contribution is -2.47. The van der Waals surface area contributed by atoms with Crippen LogP contribution in [0.2, 0.25) is 0 Å². The molecule has 0 spiro atoms. The van der Waals surface area contributed by atoms with Gasteiger partial charge in [0.25, 0.3) is 0 Å². The van der Waals surface area contributed by atoms with Gasteiger partial charge in [0, 0.05) is 50.3 Å². The highest BCUT2D eigenvalue weighted by atomic mass is 32.2. The number of alkyl halides is 3. The van der Waals surface area contributed by atoms with Crippen molar-refractivity contribution in [1.82, 2.24) is 19.5 Å². The summed E-state index contributed by atoms with van der Waals surface area (Å²) in [5, 5.41) is 7.97. The summed E-state index contributed by atoms with van der Waals surface area (Å²) in [5.74, 6) is 0.0172. The van der Waals surface area contributed by atoms with Crippen LogP contribution in [0.4, 0.5) is 30.5 Å². The van der Waals surface area contributed by atoms with Crippen molar-refractivity contribution in [1.29, 1.82) is 0 Å². The van der Waals surface area contributed by atoms with Crippen molar-refractivity contribution in [2.24, 2.45) is 5.92 Å². The summed E-state index contributed by atoms with van der Waals surface area (Å²) in [5.41, 5.74) is 7.02. The van der Waals surface area contributed by atoms with E-state index in [1.165, 1.54) is 6.08 Å². The maximum atomic E-state index is 14.1. The number of aryl methyl sites for hydroxylation is 1. The van der Waals surface area contributed by atoms with Gasteiger partial charge < -0.3 is 25.6 Å². The van der Waals surface area contributed by atoms with E-state index in [9.17, 15) is 21.6 Å². The molecule has 5 rings (SSSR count). The van der Waals surface area contributed by atoms with Crippen LogP contribution in [-0.4, -0.2) is 97.6 Å². The van der Waals surface area contributed by atoms with Gasteiger partial charge in [0.1, 0.15) is 0 Å². The minimum Gasteiger partial charge on any atom is -0.396 e. The molecule has 10 nitrogen and oxygen atoms in total. The van der Waals surface area contributed by atoms with Crippen molar-refractivity contribution < 1.29 is 26.3 Å². The number of sulfone groups is 1. The van der Waals surface area contributed by atoms with Crippen LogP contribution >= 0.6 is 0 Å². The van der Waals surface area contributed by atoms with Gasteiger partial charge in [0.05, 0.1) is 42.1 Å². The van der Waals surface area contributed by atoms with Crippen molar-refractivity contribution in [2.45, 2.75) is 19.1 Å². The number of fused-ring (bicyclic) bond motifs is 1. The maximum absolute atomic E-state index is 14.1. The number of aromatic nitrogens is 3. The van der Waals surface area contributed by atoms with E-state index in [4.69, 9.17) is 15.6 Å². The van der Waals surface area contributed by atoms with E-state index in [-0.39, 0.29) is 31.1 Å². The van der Waals surface area contributed by atoms with Crippen molar-refractivity contribution in [3.8, 4) is 0 Å². The van der Waals surface area contributed by atoms with Gasteiger partial charge in [0.15, 0.2) is 27.1 Å². The highest BCUT2D eigenvalue weighted by Gasteiger charge is 2.43. The molecular formula is C23H30F3N7O3S. The Bertz CT molecular complexity index is 1320. The van der Waals surface area contributed by atoms with Crippen molar-refractivity contribution in [3.05, 3.63) is 35.6 Å². The Morgan fingerprint density at radius 2 is 1.89 bits per heavy atom. The average molecular weight is 542 g/mol. The van der Waals surface area contributed by atoms with Gasteiger partial charge in [0.2, 0.25) is 0 Å². The molecule has 2 atom stereocenters. The summed E-state index contributed by atoms with van der Waals surface area (Å²) in [6, 6.07) is 1.02. The zero-order chi connectivity index (χ0) is 26.4. The molecule has 2 saturated heterocycles. The molecule has 2 aromatic heterocycles. The first-order chi connectivity index (χ1) is 17.5. The molecule has 4 heterocycles. The van der Waals surface area contributed by atoms with E-state index in [0.29, 0.717) is 55.0 Å². The summed E-state index contributed by atoms with van der Waals surface area (Å²) >= 11 is 0. The molecule has 3 aliphatic rings. The van der Waals surface area contributed by atoms with Crippen LogP contribution in [0.15, 0.2) is 29.9 Å². The first-order valence-electron chi connectivity index (χ1n) is 12.2. The number of allylic oxidation sites excluding steroid dienone is 2. The number of rotatable bonds is 5. The van der Waals surface area contributed by atoms with E-state index in [1.54, 1.807) is 28.5 Å². The summed E-state index contributed by atoms with van der Waals surface area (Å²) < 4.78 is 72.8. The summed E-state index contributed by atoms with van der Waals surface area (Å²) in [6.07, 6.45) is -0.346. The molecule has 0 bridgehead atoms. The number of halogens is 3. The van der Waals surface area contributed by atoms with Gasteiger partial charge >= 0.3 is 6.18 Å². The van der Waals surface area contributed by atoms with Crippen LogP contribution in [0, 0.1) is 12.8 Å². The van der Waals surface area contributed by atoms with Crippen LogP contribution in [0.3, 0.4) is 0 Å². The van der Waals surface area contributed by atoms with Gasteiger partial charge in [-0.15, -0.1) is 5.10 Å². The lowest BCUT2D eigenvalue weighted by Gasteiger charge is -2.37. The molecule has 2 aromatic rings. The molecule has 0 radical (unpaired) electrons. The molecule has 0 saturated carbocycles. The Hall–Kier alpha value is -2.84. The lowest BCUT2D eigenvalue weighted by molar-refractivity contribution is -0.101. The minimum atomic E-state index is -4.53. The quantitative estimate of drug-likeness (QED) is 0.583. The Labute approximate surface area is 212 Å². The molecule has 0 aromatic carbocycles. The zero-order valence-electron chi connectivity index (χ0n) is 20.4. The molecule has 2 unspecified atom stereocenters. The summed E-state index contributed by atoms with van der Waals surface area (Å²) in [6.45, 7) is 4.64. The van der Waals surface area contributed by atoms with Crippen LogP contribution in [0.25, 0.3) is 5.65 Å². The largest absolute Gasteiger partial charge is 0.413 e. The molecular weight excluding hydrogens is 511 g/mol. The molecule has 2 aliphatic heterocycles. The fraction of sp³-hybridized carbons (Fsp3) is 0.565. The number of imidazole rings is 1. The number of morpholine rings is 1. The Morgan fingerprint density at radius 1 is 1.19 bits per heavy atom. The number of nitrogens with two attached hydrogens (primary N) is 1. The molecule has 37 heavy (non-hydrogen) atoms. The second-order valence-electron chi connectivity index (χ2n) is 9.57. The maximum Gasteiger partial charge on any atom is 0.413 e. The van der Waals surface area contributed by atoms with Crippen molar-refractivity contribution in [3.63, 3.8) is 0 Å². The number of nitrogen functional groups attached to an aromatic ring is 1. The second kappa shape index (κ2) is 9.80. The number of hydrogen-bond donors (Lipinski definition) is 2. The molecule has 14 heteroatoms. The third kappa shape index (κ3) is 5.41. The van der Waals surface area contributed by atoms with Crippen LogP contribution in [0.5, 0.6) is 0 Å². The minimum absolute atomic E-state index is 0.0569. The summed E-state index contributed by atoms with van der Waals surface area (Å²) in [4.78, 5) is 8.34. The summed E-state index contributed by atoms with van der Waals surface area (Å²) in [7, 11) is -3.15. The van der Waals surface area contributed by atoms with Crippen LogP contribution in [0.1, 0.15) is 5.69 Å². The van der Waals surface area contributed by atoms with Gasteiger partial charge in [-0.1, -0.05) is 18.2 Å². The number of nitrogens with zero attached hydrogens (tertiary/aromatic N) is 5. The van der Waals surface area contributed by atoms with E-state index in [1.807, 2.05) is 4.90 Å². The smallest absolute Gasteiger partial charge is 0.396 e. The second-order valence-corrected chi connectivity index (χ2v) is 11.9. The monoisotopic (exact) mass is 541 g/mol. The number of anilines is 3. The Kier molecular flexibility index (Phi) is 6.83. The number of ether oxygens (including phenoxy) is 1. The molecule has 202 valence electrons. The Balaban J connectivity index is 1.46. The predicted octanol–water partition coefficient (Wildman–Crippen LogP) is 1.64. The van der Waals surface area contributed by atoms with Crippen molar-refractivity contribution in [2.75, 3.05) is 73.4 Å². The third-order valence-corrected chi connectivity index (χ3v) is 8.67. The number of nitrogens with one attached hydrogen (secondary N) is 1. The van der Waals surface area contributed by atoms with E-state index >= 15 is 0 Å². The topological polar surface area (TPSA) is 118 Å². The zero-order valence-corrected chi connectivity index (χ0v) is 21.2. The van der Waals surface area contributed by atoms with Crippen LogP contribution in [-0.2, 0) is 14.6 Å². The fourth-order valence-electron chi connectivity index (χ4n) is 5.01. The lowest BCUT2D eigenvalue weighted by atomic mass is 9.86. The normalized spacial score (nSPS) is 24.9. The van der Waals surface area contributed by atoms with E-state index in [2.05, 4.69) is 10.3 Å².